The van der Waals surface area contributed by atoms with Crippen molar-refractivity contribution >= 4 is 23.5 Å². The van der Waals surface area contributed by atoms with Crippen molar-refractivity contribution in [3.63, 3.8) is 0 Å². The minimum Gasteiger partial charge on any atom is -0.489 e. The second kappa shape index (κ2) is 9.51. The van der Waals surface area contributed by atoms with E-state index in [4.69, 9.17) is 16.3 Å². The molecular formula is C18H29ClN4O2. The maximum Gasteiger partial charge on any atom is 0.240 e. The topological polar surface area (TPSA) is 66.0 Å². The molecule has 1 rings (SSSR count). The Hall–Kier alpha value is -1.95. The summed E-state index contributed by atoms with van der Waals surface area (Å²) in [7, 11) is 3.51. The molecule has 0 spiro atoms. The van der Waals surface area contributed by atoms with Crippen LogP contribution in [0.3, 0.4) is 0 Å². The standard InChI is InChI=1S/C18H29ClN4O2/c1-13(25-15-9-7-14(19)8-10-15)11-21-17(20-5)23(6)12-16(24)22-18(2,3)4/h7-10,13H,11-12H2,1-6H3,(H,20,21)(H,22,24). The van der Waals surface area contributed by atoms with E-state index < -0.39 is 0 Å². The Morgan fingerprint density at radius 1 is 1.32 bits per heavy atom. The number of ether oxygens (including phenoxy) is 1. The summed E-state index contributed by atoms with van der Waals surface area (Å²) in [6.07, 6.45) is -0.0743. The SMILES string of the molecule is CN=C(NCC(C)Oc1ccc(Cl)cc1)N(C)CC(=O)NC(C)(C)C. The van der Waals surface area contributed by atoms with Crippen LogP contribution in [0.1, 0.15) is 27.7 Å². The van der Waals surface area contributed by atoms with E-state index in [0.717, 1.165) is 5.75 Å². The van der Waals surface area contributed by atoms with E-state index in [9.17, 15) is 4.79 Å². The molecule has 0 fully saturated rings. The number of halogens is 1. The van der Waals surface area contributed by atoms with Crippen molar-refractivity contribution < 1.29 is 9.53 Å². The Kier molecular flexibility index (Phi) is 8.03. The quantitative estimate of drug-likeness (QED) is 0.598. The normalized spacial score (nSPS) is 13.2. The molecule has 1 aromatic rings. The average molecular weight is 369 g/mol. The van der Waals surface area contributed by atoms with Gasteiger partial charge in [-0.1, -0.05) is 11.6 Å². The number of carbonyl (C=O) groups is 1. The summed E-state index contributed by atoms with van der Waals surface area (Å²) >= 11 is 5.86. The van der Waals surface area contributed by atoms with Crippen molar-refractivity contribution in [2.24, 2.45) is 4.99 Å². The number of hydrogen-bond acceptors (Lipinski definition) is 3. The van der Waals surface area contributed by atoms with Crippen LogP contribution in [-0.2, 0) is 4.79 Å². The summed E-state index contributed by atoms with van der Waals surface area (Å²) in [5.74, 6) is 1.34. The molecule has 1 unspecified atom stereocenters. The molecule has 140 valence electrons. The van der Waals surface area contributed by atoms with Gasteiger partial charge in [0.1, 0.15) is 11.9 Å². The molecule has 1 atom stereocenters. The third-order valence-electron chi connectivity index (χ3n) is 3.17. The number of benzene rings is 1. The van der Waals surface area contributed by atoms with Gasteiger partial charge in [-0.25, -0.2) is 0 Å². The van der Waals surface area contributed by atoms with E-state index in [2.05, 4.69) is 15.6 Å². The largest absolute Gasteiger partial charge is 0.489 e. The first-order chi connectivity index (χ1) is 11.6. The van der Waals surface area contributed by atoms with Crippen LogP contribution in [0, 0.1) is 0 Å². The lowest BCUT2D eigenvalue weighted by Gasteiger charge is -2.26. The molecule has 25 heavy (non-hydrogen) atoms. The van der Waals surface area contributed by atoms with Crippen LogP contribution in [0.5, 0.6) is 5.75 Å². The summed E-state index contributed by atoms with van der Waals surface area (Å²) in [6, 6.07) is 7.24. The molecule has 0 radical (unpaired) electrons. The van der Waals surface area contributed by atoms with E-state index >= 15 is 0 Å². The lowest BCUT2D eigenvalue weighted by atomic mass is 10.1. The van der Waals surface area contributed by atoms with E-state index in [1.807, 2.05) is 46.9 Å². The lowest BCUT2D eigenvalue weighted by Crippen LogP contribution is -2.49. The average Bonchev–Trinajstić information content (AvgIpc) is 2.48. The molecule has 7 heteroatoms. The van der Waals surface area contributed by atoms with Crippen molar-refractivity contribution in [1.82, 2.24) is 15.5 Å². The second-order valence-corrected chi connectivity index (χ2v) is 7.40. The van der Waals surface area contributed by atoms with Crippen LogP contribution >= 0.6 is 11.6 Å². The predicted octanol–water partition coefficient (Wildman–Crippen LogP) is 2.53. The predicted molar refractivity (Wildman–Crippen MR) is 103 cm³/mol. The highest BCUT2D eigenvalue weighted by atomic mass is 35.5. The molecule has 2 N–H and O–H groups in total. The summed E-state index contributed by atoms with van der Waals surface area (Å²) in [6.45, 7) is 8.60. The number of nitrogens with zero attached hydrogens (tertiary/aromatic N) is 2. The molecule has 0 aliphatic carbocycles. The van der Waals surface area contributed by atoms with Crippen LogP contribution < -0.4 is 15.4 Å². The van der Waals surface area contributed by atoms with Crippen molar-refractivity contribution in [3.8, 4) is 5.75 Å². The highest BCUT2D eigenvalue weighted by Crippen LogP contribution is 2.16. The summed E-state index contributed by atoms with van der Waals surface area (Å²) < 4.78 is 5.82. The van der Waals surface area contributed by atoms with Crippen molar-refractivity contribution in [1.29, 1.82) is 0 Å². The number of aliphatic imine (C=N–C) groups is 1. The van der Waals surface area contributed by atoms with Gasteiger partial charge in [-0.2, -0.15) is 0 Å². The number of rotatable bonds is 6. The Morgan fingerprint density at radius 2 is 1.92 bits per heavy atom. The van der Waals surface area contributed by atoms with Crippen molar-refractivity contribution in [2.75, 3.05) is 27.2 Å². The Labute approximate surface area is 155 Å². The number of hydrogen-bond donors (Lipinski definition) is 2. The number of likely N-dealkylation sites (N-methyl/N-ethyl adjacent to an activating group) is 1. The molecule has 6 nitrogen and oxygen atoms in total. The van der Waals surface area contributed by atoms with Crippen LogP contribution in [0.15, 0.2) is 29.3 Å². The molecule has 0 aliphatic heterocycles. The number of carbonyl (C=O) groups excluding carboxylic acids is 1. The molecular weight excluding hydrogens is 340 g/mol. The minimum atomic E-state index is -0.254. The van der Waals surface area contributed by atoms with Crippen molar-refractivity contribution in [2.45, 2.75) is 39.3 Å². The summed E-state index contributed by atoms with van der Waals surface area (Å²) in [4.78, 5) is 18.0. The first kappa shape index (κ1) is 21.1. The van der Waals surface area contributed by atoms with E-state index in [-0.39, 0.29) is 24.1 Å². The first-order valence-electron chi connectivity index (χ1n) is 8.25. The third kappa shape index (κ3) is 8.63. The third-order valence-corrected chi connectivity index (χ3v) is 3.42. The van der Waals surface area contributed by atoms with Gasteiger partial charge < -0.3 is 20.3 Å². The molecule has 0 heterocycles. The van der Waals surface area contributed by atoms with E-state index in [1.54, 1.807) is 24.1 Å². The Balaban J connectivity index is 2.47. The highest BCUT2D eigenvalue weighted by molar-refractivity contribution is 6.30. The van der Waals surface area contributed by atoms with Gasteiger partial charge in [0.25, 0.3) is 0 Å². The number of amides is 1. The molecule has 0 bridgehead atoms. The Morgan fingerprint density at radius 3 is 2.44 bits per heavy atom. The molecule has 0 saturated heterocycles. The molecule has 1 amide bonds. The smallest absolute Gasteiger partial charge is 0.240 e. The van der Waals surface area contributed by atoms with Gasteiger partial charge in [0, 0.05) is 24.7 Å². The van der Waals surface area contributed by atoms with Gasteiger partial charge in [0.2, 0.25) is 5.91 Å². The van der Waals surface area contributed by atoms with Crippen LogP contribution in [0.4, 0.5) is 0 Å². The lowest BCUT2D eigenvalue weighted by molar-refractivity contribution is -0.122. The van der Waals surface area contributed by atoms with Crippen molar-refractivity contribution in [3.05, 3.63) is 29.3 Å². The summed E-state index contributed by atoms with van der Waals surface area (Å²) in [5.41, 5.74) is -0.254. The zero-order valence-electron chi connectivity index (χ0n) is 15.9. The van der Waals surface area contributed by atoms with E-state index in [1.165, 1.54) is 0 Å². The highest BCUT2D eigenvalue weighted by Gasteiger charge is 2.17. The maximum absolute atomic E-state index is 12.0. The molecule has 0 aromatic heterocycles. The fraction of sp³-hybridized carbons (Fsp3) is 0.556. The maximum atomic E-state index is 12.0. The zero-order chi connectivity index (χ0) is 19.0. The van der Waals surface area contributed by atoms with Gasteiger partial charge in [-0.3, -0.25) is 9.79 Å². The Bertz CT molecular complexity index is 582. The fourth-order valence-corrected chi connectivity index (χ4v) is 2.28. The van der Waals surface area contributed by atoms with Gasteiger partial charge in [-0.05, 0) is 52.0 Å². The van der Waals surface area contributed by atoms with E-state index in [0.29, 0.717) is 17.5 Å². The fourth-order valence-electron chi connectivity index (χ4n) is 2.15. The van der Waals surface area contributed by atoms with Gasteiger partial charge >= 0.3 is 0 Å². The van der Waals surface area contributed by atoms with Crippen LogP contribution in [0.25, 0.3) is 0 Å². The number of guanidine groups is 1. The monoisotopic (exact) mass is 368 g/mol. The first-order valence-corrected chi connectivity index (χ1v) is 8.63. The van der Waals surface area contributed by atoms with Crippen LogP contribution in [0.2, 0.25) is 5.02 Å². The van der Waals surface area contributed by atoms with Gasteiger partial charge in [0.15, 0.2) is 5.96 Å². The molecule has 0 saturated carbocycles. The van der Waals surface area contributed by atoms with Crippen LogP contribution in [-0.4, -0.2) is 55.6 Å². The summed E-state index contributed by atoms with van der Waals surface area (Å²) in [5, 5.41) is 6.82. The minimum absolute atomic E-state index is 0.0524. The van der Waals surface area contributed by atoms with Gasteiger partial charge in [-0.15, -0.1) is 0 Å². The van der Waals surface area contributed by atoms with Gasteiger partial charge in [0.05, 0.1) is 13.1 Å². The molecule has 0 aliphatic rings. The number of nitrogens with one attached hydrogen (secondary N) is 2. The second-order valence-electron chi connectivity index (χ2n) is 6.96. The zero-order valence-corrected chi connectivity index (χ0v) is 16.6. The molecule has 1 aromatic carbocycles.